The maximum Gasteiger partial charge on any atom is 0.124 e. The fourth-order valence-corrected chi connectivity index (χ4v) is 2.41. The van der Waals surface area contributed by atoms with Gasteiger partial charge in [0.15, 0.2) is 0 Å². The van der Waals surface area contributed by atoms with Crippen molar-refractivity contribution in [2.45, 2.75) is 12.6 Å². The first-order valence-corrected chi connectivity index (χ1v) is 6.32. The Morgan fingerprint density at radius 3 is 2.94 bits per heavy atom. The molecule has 1 aromatic heterocycles. The highest BCUT2D eigenvalue weighted by Gasteiger charge is 2.20. The van der Waals surface area contributed by atoms with E-state index in [-0.39, 0.29) is 0 Å². The quantitative estimate of drug-likeness (QED) is 0.893. The lowest BCUT2D eigenvalue weighted by Gasteiger charge is -2.33. The first-order chi connectivity index (χ1) is 8.92. The van der Waals surface area contributed by atoms with Crippen LogP contribution in [0.3, 0.4) is 0 Å². The Bertz CT molecular complexity index is 469. The molecule has 0 amide bonds. The molecule has 0 aliphatic carbocycles. The van der Waals surface area contributed by atoms with Crippen LogP contribution in [0.4, 0.5) is 0 Å². The Balaban J connectivity index is 1.65. The van der Waals surface area contributed by atoms with E-state index in [4.69, 9.17) is 4.52 Å². The molecule has 4 heteroatoms. The van der Waals surface area contributed by atoms with E-state index in [1.807, 2.05) is 6.07 Å². The highest BCUT2D eigenvalue weighted by molar-refractivity contribution is 5.19. The number of nitrogens with zero attached hydrogens (tertiary/aromatic N) is 2. The third-order valence-electron chi connectivity index (χ3n) is 3.34. The summed E-state index contributed by atoms with van der Waals surface area (Å²) in [7, 11) is 0. The van der Waals surface area contributed by atoms with Crippen LogP contribution in [0.25, 0.3) is 0 Å². The van der Waals surface area contributed by atoms with Crippen LogP contribution in [-0.2, 0) is 6.54 Å². The van der Waals surface area contributed by atoms with Crippen molar-refractivity contribution >= 4 is 0 Å². The molecule has 94 valence electrons. The second-order valence-electron chi connectivity index (χ2n) is 4.64. The molecule has 1 aliphatic rings. The van der Waals surface area contributed by atoms with Crippen molar-refractivity contribution in [3.8, 4) is 0 Å². The van der Waals surface area contributed by atoms with Crippen molar-refractivity contribution in [3.05, 3.63) is 53.9 Å². The van der Waals surface area contributed by atoms with Crippen molar-refractivity contribution < 1.29 is 4.52 Å². The van der Waals surface area contributed by atoms with Crippen molar-refractivity contribution in [1.29, 1.82) is 0 Å². The van der Waals surface area contributed by atoms with Gasteiger partial charge in [0.2, 0.25) is 0 Å². The smallest absolute Gasteiger partial charge is 0.124 e. The molecule has 3 rings (SSSR count). The minimum absolute atomic E-state index is 0.409. The lowest BCUT2D eigenvalue weighted by molar-refractivity contribution is 0.188. The molecule has 18 heavy (non-hydrogen) atoms. The molecule has 1 unspecified atom stereocenters. The van der Waals surface area contributed by atoms with Crippen molar-refractivity contribution in [3.63, 3.8) is 0 Å². The Hall–Kier alpha value is -1.65. The molecule has 1 aromatic carbocycles. The predicted molar refractivity (Wildman–Crippen MR) is 69.0 cm³/mol. The van der Waals surface area contributed by atoms with Gasteiger partial charge in [0.1, 0.15) is 6.26 Å². The van der Waals surface area contributed by atoms with Crippen LogP contribution >= 0.6 is 0 Å². The van der Waals surface area contributed by atoms with Gasteiger partial charge in [0.25, 0.3) is 0 Å². The maximum absolute atomic E-state index is 4.88. The molecule has 4 nitrogen and oxygen atoms in total. The van der Waals surface area contributed by atoms with Gasteiger partial charge < -0.3 is 9.84 Å². The average Bonchev–Trinajstić information content (AvgIpc) is 2.93. The molecule has 1 fully saturated rings. The van der Waals surface area contributed by atoms with E-state index in [1.165, 1.54) is 5.56 Å². The summed E-state index contributed by atoms with van der Waals surface area (Å²) in [5, 5.41) is 7.53. The van der Waals surface area contributed by atoms with Gasteiger partial charge in [0, 0.05) is 38.3 Å². The van der Waals surface area contributed by atoms with Crippen LogP contribution in [0.5, 0.6) is 0 Å². The van der Waals surface area contributed by atoms with Gasteiger partial charge in [-0.25, -0.2) is 0 Å². The number of rotatable bonds is 3. The molecule has 1 saturated heterocycles. The highest BCUT2D eigenvalue weighted by atomic mass is 16.5. The first-order valence-electron chi connectivity index (χ1n) is 6.32. The second-order valence-corrected chi connectivity index (χ2v) is 4.64. The Labute approximate surface area is 107 Å². The van der Waals surface area contributed by atoms with Crippen LogP contribution in [0.2, 0.25) is 0 Å². The number of hydrogen-bond donors (Lipinski definition) is 1. The van der Waals surface area contributed by atoms with Gasteiger partial charge in [-0.2, -0.15) is 0 Å². The number of piperazine rings is 1. The van der Waals surface area contributed by atoms with E-state index in [9.17, 15) is 0 Å². The fraction of sp³-hybridized carbons (Fsp3) is 0.357. The SMILES string of the molecule is c1ccc(C2CN(Cc3ccon3)CCN2)cc1. The zero-order valence-electron chi connectivity index (χ0n) is 10.2. The molecule has 0 bridgehead atoms. The minimum atomic E-state index is 0.409. The van der Waals surface area contributed by atoms with Gasteiger partial charge in [-0.15, -0.1) is 0 Å². The summed E-state index contributed by atoms with van der Waals surface area (Å²) >= 11 is 0. The molecule has 2 aromatic rings. The van der Waals surface area contributed by atoms with Crippen LogP contribution in [0.1, 0.15) is 17.3 Å². The van der Waals surface area contributed by atoms with E-state index in [2.05, 4.69) is 45.7 Å². The molecular weight excluding hydrogens is 226 g/mol. The third-order valence-corrected chi connectivity index (χ3v) is 3.34. The molecule has 2 heterocycles. The lowest BCUT2D eigenvalue weighted by Crippen LogP contribution is -2.45. The average molecular weight is 243 g/mol. The van der Waals surface area contributed by atoms with Crippen LogP contribution < -0.4 is 5.32 Å². The van der Waals surface area contributed by atoms with E-state index in [0.717, 1.165) is 31.9 Å². The molecule has 0 radical (unpaired) electrons. The van der Waals surface area contributed by atoms with E-state index in [1.54, 1.807) is 6.26 Å². The Morgan fingerprint density at radius 1 is 1.28 bits per heavy atom. The van der Waals surface area contributed by atoms with Crippen LogP contribution in [0.15, 0.2) is 47.2 Å². The summed E-state index contributed by atoms with van der Waals surface area (Å²) in [6.07, 6.45) is 1.63. The van der Waals surface area contributed by atoms with E-state index >= 15 is 0 Å². The summed E-state index contributed by atoms with van der Waals surface area (Å²) < 4.78 is 4.88. The number of nitrogens with one attached hydrogen (secondary N) is 1. The van der Waals surface area contributed by atoms with Gasteiger partial charge in [0.05, 0.1) is 5.69 Å². The summed E-state index contributed by atoms with van der Waals surface area (Å²) in [5.74, 6) is 0. The number of benzene rings is 1. The summed E-state index contributed by atoms with van der Waals surface area (Å²) in [6.45, 7) is 3.94. The Morgan fingerprint density at radius 2 is 2.17 bits per heavy atom. The standard InChI is InChI=1S/C14H17N3O/c1-2-4-12(5-3-1)14-11-17(8-7-15-14)10-13-6-9-18-16-13/h1-6,9,14-15H,7-8,10-11H2. The highest BCUT2D eigenvalue weighted by Crippen LogP contribution is 2.17. The number of aromatic nitrogens is 1. The largest absolute Gasteiger partial charge is 0.364 e. The van der Waals surface area contributed by atoms with E-state index in [0.29, 0.717) is 6.04 Å². The number of hydrogen-bond acceptors (Lipinski definition) is 4. The minimum Gasteiger partial charge on any atom is -0.364 e. The van der Waals surface area contributed by atoms with Crippen molar-refractivity contribution in [2.24, 2.45) is 0 Å². The molecule has 1 atom stereocenters. The predicted octanol–water partition coefficient (Wildman–Crippen LogP) is 1.82. The van der Waals surface area contributed by atoms with Crippen molar-refractivity contribution in [1.82, 2.24) is 15.4 Å². The summed E-state index contributed by atoms with van der Waals surface area (Å²) in [4.78, 5) is 2.41. The molecular formula is C14H17N3O. The maximum atomic E-state index is 4.88. The van der Waals surface area contributed by atoms with Gasteiger partial charge >= 0.3 is 0 Å². The van der Waals surface area contributed by atoms with Gasteiger partial charge in [-0.3, -0.25) is 4.90 Å². The zero-order chi connectivity index (χ0) is 12.2. The van der Waals surface area contributed by atoms with Crippen LogP contribution in [0, 0.1) is 0 Å². The topological polar surface area (TPSA) is 41.3 Å². The molecule has 0 saturated carbocycles. The van der Waals surface area contributed by atoms with Crippen molar-refractivity contribution in [2.75, 3.05) is 19.6 Å². The second kappa shape index (κ2) is 5.33. The monoisotopic (exact) mass is 243 g/mol. The molecule has 1 N–H and O–H groups in total. The van der Waals surface area contributed by atoms with Gasteiger partial charge in [-0.05, 0) is 5.56 Å². The normalized spacial score (nSPS) is 21.0. The molecule has 0 spiro atoms. The van der Waals surface area contributed by atoms with Crippen LogP contribution in [-0.4, -0.2) is 29.7 Å². The molecule has 1 aliphatic heterocycles. The fourth-order valence-electron chi connectivity index (χ4n) is 2.41. The lowest BCUT2D eigenvalue weighted by atomic mass is 10.0. The van der Waals surface area contributed by atoms with E-state index < -0.39 is 0 Å². The van der Waals surface area contributed by atoms with Gasteiger partial charge in [-0.1, -0.05) is 35.5 Å². The Kier molecular flexibility index (Phi) is 3.39. The summed E-state index contributed by atoms with van der Waals surface area (Å²) in [5.41, 5.74) is 2.35. The zero-order valence-corrected chi connectivity index (χ0v) is 10.2. The first kappa shape index (κ1) is 11.4. The summed E-state index contributed by atoms with van der Waals surface area (Å²) in [6, 6.07) is 12.9. The third kappa shape index (κ3) is 2.60.